The van der Waals surface area contributed by atoms with Gasteiger partial charge in [-0.25, -0.2) is 4.98 Å². The molecule has 0 amide bonds. The van der Waals surface area contributed by atoms with Gasteiger partial charge >= 0.3 is 6.18 Å². The molecule has 2 rings (SSSR count). The topological polar surface area (TPSA) is 12.9 Å². The van der Waals surface area contributed by atoms with Crippen LogP contribution in [0.15, 0.2) is 58.5 Å². The molecule has 1 nitrogen and oxygen atoms in total. The lowest BCUT2D eigenvalue weighted by atomic mass is 10.3. The number of alkyl halides is 3. The highest BCUT2D eigenvalue weighted by Gasteiger charge is 2.32. The standard InChI is InChI=1S/C12H8F3NS/c13-12(14,15)10-7-4-8-11(16-10)17-9-5-2-1-3-6-9/h1-8H. The van der Waals surface area contributed by atoms with Crippen molar-refractivity contribution in [2.75, 3.05) is 0 Å². The summed E-state index contributed by atoms with van der Waals surface area (Å²) in [5.74, 6) is 0. The number of hydrogen-bond donors (Lipinski definition) is 0. The molecule has 1 aromatic carbocycles. The molecule has 0 aliphatic heterocycles. The van der Waals surface area contributed by atoms with Crippen LogP contribution in [0.5, 0.6) is 0 Å². The summed E-state index contributed by atoms with van der Waals surface area (Å²) in [4.78, 5) is 4.44. The van der Waals surface area contributed by atoms with Crippen LogP contribution in [0.2, 0.25) is 0 Å². The van der Waals surface area contributed by atoms with Crippen LogP contribution in [0.25, 0.3) is 0 Å². The molecule has 88 valence electrons. The minimum Gasteiger partial charge on any atom is -0.237 e. The van der Waals surface area contributed by atoms with Crippen molar-refractivity contribution in [1.29, 1.82) is 0 Å². The summed E-state index contributed by atoms with van der Waals surface area (Å²) >= 11 is 1.21. The van der Waals surface area contributed by atoms with Gasteiger partial charge in [0.15, 0.2) is 0 Å². The third kappa shape index (κ3) is 3.23. The molecule has 0 atom stereocenters. The Hall–Kier alpha value is -1.49. The SMILES string of the molecule is FC(F)(F)c1cccc(Sc2ccccc2)n1. The Kier molecular flexibility index (Phi) is 3.38. The number of hydrogen-bond acceptors (Lipinski definition) is 2. The monoisotopic (exact) mass is 255 g/mol. The molecule has 2 aromatic rings. The molecule has 5 heteroatoms. The Bertz CT molecular complexity index is 497. The van der Waals surface area contributed by atoms with Gasteiger partial charge in [0.2, 0.25) is 0 Å². The molecule has 0 aliphatic carbocycles. The van der Waals surface area contributed by atoms with Crippen molar-refractivity contribution in [1.82, 2.24) is 4.98 Å². The Labute approximate surface area is 101 Å². The lowest BCUT2D eigenvalue weighted by molar-refractivity contribution is -0.141. The van der Waals surface area contributed by atoms with Crippen LogP contribution in [0.3, 0.4) is 0 Å². The molecule has 0 fully saturated rings. The minimum atomic E-state index is -4.40. The van der Waals surface area contributed by atoms with Crippen LogP contribution in [-0.2, 0) is 6.18 Å². The summed E-state index contributed by atoms with van der Waals surface area (Å²) in [6.45, 7) is 0. The Balaban J connectivity index is 2.23. The zero-order chi connectivity index (χ0) is 12.3. The lowest BCUT2D eigenvalue weighted by Crippen LogP contribution is -2.07. The van der Waals surface area contributed by atoms with Crippen molar-refractivity contribution < 1.29 is 13.2 Å². The van der Waals surface area contributed by atoms with Crippen molar-refractivity contribution in [3.63, 3.8) is 0 Å². The second kappa shape index (κ2) is 4.79. The largest absolute Gasteiger partial charge is 0.433 e. The Morgan fingerprint density at radius 3 is 2.24 bits per heavy atom. The quantitative estimate of drug-likeness (QED) is 0.795. The molecule has 17 heavy (non-hydrogen) atoms. The van der Waals surface area contributed by atoms with Crippen molar-refractivity contribution in [2.24, 2.45) is 0 Å². The summed E-state index contributed by atoms with van der Waals surface area (Å²) in [5, 5.41) is 0.339. The predicted octanol–water partition coefficient (Wildman–Crippen LogP) is 4.25. The first kappa shape index (κ1) is 12.0. The number of aromatic nitrogens is 1. The number of benzene rings is 1. The summed E-state index contributed by atoms with van der Waals surface area (Å²) in [7, 11) is 0. The second-order valence-corrected chi connectivity index (χ2v) is 4.37. The molecule has 1 heterocycles. The first-order chi connectivity index (χ1) is 8.05. The van der Waals surface area contributed by atoms with Crippen LogP contribution in [0.1, 0.15) is 5.69 Å². The normalized spacial score (nSPS) is 11.5. The maximum absolute atomic E-state index is 12.4. The van der Waals surface area contributed by atoms with E-state index in [1.54, 1.807) is 6.07 Å². The fourth-order valence-electron chi connectivity index (χ4n) is 1.24. The van der Waals surface area contributed by atoms with Crippen LogP contribution in [0.4, 0.5) is 13.2 Å². The van der Waals surface area contributed by atoms with Gasteiger partial charge in [-0.3, -0.25) is 0 Å². The van der Waals surface area contributed by atoms with Gasteiger partial charge < -0.3 is 0 Å². The van der Waals surface area contributed by atoms with Gasteiger partial charge in [-0.2, -0.15) is 13.2 Å². The molecule has 0 N–H and O–H groups in total. The second-order valence-electron chi connectivity index (χ2n) is 3.27. The minimum absolute atomic E-state index is 0.339. The summed E-state index contributed by atoms with van der Waals surface area (Å²) in [6, 6.07) is 13.1. The van der Waals surface area contributed by atoms with E-state index in [1.807, 2.05) is 30.3 Å². The number of rotatable bonds is 2. The fourth-order valence-corrected chi connectivity index (χ4v) is 2.06. The van der Waals surface area contributed by atoms with E-state index in [1.165, 1.54) is 17.8 Å². The number of halogens is 3. The third-order valence-electron chi connectivity index (χ3n) is 1.98. The Morgan fingerprint density at radius 2 is 1.59 bits per heavy atom. The first-order valence-corrected chi connectivity index (χ1v) is 5.64. The van der Waals surface area contributed by atoms with Gasteiger partial charge in [-0.1, -0.05) is 36.0 Å². The van der Waals surface area contributed by atoms with Crippen LogP contribution in [0, 0.1) is 0 Å². The van der Waals surface area contributed by atoms with E-state index in [9.17, 15) is 13.2 Å². The Morgan fingerprint density at radius 1 is 0.882 bits per heavy atom. The highest BCUT2D eigenvalue weighted by molar-refractivity contribution is 7.99. The van der Waals surface area contributed by atoms with Crippen LogP contribution < -0.4 is 0 Å². The van der Waals surface area contributed by atoms with Crippen molar-refractivity contribution in [2.45, 2.75) is 16.1 Å². The van der Waals surface area contributed by atoms with E-state index in [2.05, 4.69) is 4.98 Å². The molecule has 0 radical (unpaired) electrons. The van der Waals surface area contributed by atoms with Gasteiger partial charge in [0.1, 0.15) is 10.7 Å². The number of nitrogens with zero attached hydrogens (tertiary/aromatic N) is 1. The highest BCUT2D eigenvalue weighted by atomic mass is 32.2. The maximum atomic E-state index is 12.4. The molecule has 0 bridgehead atoms. The fraction of sp³-hybridized carbons (Fsp3) is 0.0833. The molecule has 1 aromatic heterocycles. The van der Waals surface area contributed by atoms with E-state index in [-0.39, 0.29) is 0 Å². The third-order valence-corrected chi connectivity index (χ3v) is 2.92. The van der Waals surface area contributed by atoms with Crippen molar-refractivity contribution in [3.8, 4) is 0 Å². The van der Waals surface area contributed by atoms with E-state index in [0.29, 0.717) is 5.03 Å². The average Bonchev–Trinajstić information content (AvgIpc) is 2.29. The van der Waals surface area contributed by atoms with E-state index >= 15 is 0 Å². The zero-order valence-electron chi connectivity index (χ0n) is 8.61. The molecule has 0 unspecified atom stereocenters. The molecule has 0 saturated carbocycles. The van der Waals surface area contributed by atoms with Crippen molar-refractivity contribution >= 4 is 11.8 Å². The van der Waals surface area contributed by atoms with E-state index in [4.69, 9.17) is 0 Å². The van der Waals surface area contributed by atoms with Gasteiger partial charge in [0.25, 0.3) is 0 Å². The van der Waals surface area contributed by atoms with Gasteiger partial charge in [0.05, 0.1) is 0 Å². The molecular weight excluding hydrogens is 247 g/mol. The molecular formula is C12H8F3NS. The first-order valence-electron chi connectivity index (χ1n) is 4.83. The van der Waals surface area contributed by atoms with E-state index in [0.717, 1.165) is 11.0 Å². The van der Waals surface area contributed by atoms with Crippen LogP contribution in [-0.4, -0.2) is 4.98 Å². The lowest BCUT2D eigenvalue weighted by Gasteiger charge is -2.07. The van der Waals surface area contributed by atoms with Gasteiger partial charge in [-0.15, -0.1) is 0 Å². The van der Waals surface area contributed by atoms with Crippen molar-refractivity contribution in [3.05, 3.63) is 54.2 Å². The number of pyridine rings is 1. The molecule has 0 saturated heterocycles. The van der Waals surface area contributed by atoms with Crippen LogP contribution >= 0.6 is 11.8 Å². The maximum Gasteiger partial charge on any atom is 0.433 e. The zero-order valence-corrected chi connectivity index (χ0v) is 9.42. The van der Waals surface area contributed by atoms with E-state index < -0.39 is 11.9 Å². The summed E-state index contributed by atoms with van der Waals surface area (Å²) in [6.07, 6.45) is -4.40. The summed E-state index contributed by atoms with van der Waals surface area (Å²) in [5.41, 5.74) is -0.863. The van der Waals surface area contributed by atoms with Gasteiger partial charge in [0, 0.05) is 4.90 Å². The smallest absolute Gasteiger partial charge is 0.237 e. The highest BCUT2D eigenvalue weighted by Crippen LogP contribution is 2.31. The average molecular weight is 255 g/mol. The van der Waals surface area contributed by atoms with Gasteiger partial charge in [-0.05, 0) is 24.3 Å². The predicted molar refractivity (Wildman–Crippen MR) is 59.8 cm³/mol. The molecule has 0 aliphatic rings. The summed E-state index contributed by atoms with van der Waals surface area (Å²) < 4.78 is 37.3. The molecule has 0 spiro atoms.